The van der Waals surface area contributed by atoms with Crippen molar-refractivity contribution in [1.82, 2.24) is 9.97 Å². The zero-order chi connectivity index (χ0) is 11.8. The van der Waals surface area contributed by atoms with Crippen molar-refractivity contribution in [3.05, 3.63) is 16.5 Å². The van der Waals surface area contributed by atoms with Gasteiger partial charge in [0.15, 0.2) is 0 Å². The third kappa shape index (κ3) is 5.16. The summed E-state index contributed by atoms with van der Waals surface area (Å²) in [7, 11) is 0. The lowest BCUT2D eigenvalue weighted by Gasteiger charge is -2.06. The van der Waals surface area contributed by atoms with Gasteiger partial charge in [0.05, 0.1) is 0 Å². The van der Waals surface area contributed by atoms with Crippen molar-refractivity contribution in [1.29, 1.82) is 0 Å². The molecule has 1 N–H and O–H groups in total. The Morgan fingerprint density at radius 2 is 2.19 bits per heavy atom. The second-order valence-corrected chi connectivity index (χ2v) is 5.27. The average molecular weight is 304 g/mol. The van der Waals surface area contributed by atoms with Crippen molar-refractivity contribution in [2.75, 3.05) is 23.9 Å². The molecule has 0 atom stereocenters. The first kappa shape index (κ1) is 13.8. The summed E-state index contributed by atoms with van der Waals surface area (Å²) in [6.45, 7) is 3.04. The summed E-state index contributed by atoms with van der Waals surface area (Å²) >= 11 is 5.29. The number of anilines is 1. The largest absolute Gasteiger partial charge is 0.370 e. The van der Waals surface area contributed by atoms with Gasteiger partial charge in [-0.05, 0) is 40.8 Å². The normalized spacial score (nSPS) is 10.4. The number of rotatable bonds is 7. The van der Waals surface area contributed by atoms with Crippen LogP contribution in [-0.2, 0) is 6.42 Å². The van der Waals surface area contributed by atoms with Gasteiger partial charge in [0.2, 0.25) is 0 Å². The third-order valence-corrected chi connectivity index (χ3v) is 3.24. The average Bonchev–Trinajstić information content (AvgIpc) is 2.28. The van der Waals surface area contributed by atoms with E-state index in [0.29, 0.717) is 0 Å². The van der Waals surface area contributed by atoms with E-state index in [0.717, 1.165) is 29.2 Å². The SMILES string of the molecule is CCc1nc(Br)cc(NCCCCSC)n1. The summed E-state index contributed by atoms with van der Waals surface area (Å²) in [5.74, 6) is 3.03. The van der Waals surface area contributed by atoms with Crippen LogP contribution in [0.25, 0.3) is 0 Å². The Kier molecular flexibility index (Phi) is 6.80. The van der Waals surface area contributed by atoms with Gasteiger partial charge in [0.1, 0.15) is 16.2 Å². The molecule has 1 rings (SSSR count). The van der Waals surface area contributed by atoms with E-state index in [2.05, 4.69) is 44.4 Å². The highest BCUT2D eigenvalue weighted by Gasteiger charge is 2.00. The standard InChI is InChI=1S/C11H18BrN3S/c1-3-10-14-9(12)8-11(15-10)13-6-4-5-7-16-2/h8H,3-7H2,1-2H3,(H,13,14,15). The smallest absolute Gasteiger partial charge is 0.131 e. The van der Waals surface area contributed by atoms with Gasteiger partial charge in [-0.2, -0.15) is 11.8 Å². The maximum atomic E-state index is 4.41. The Morgan fingerprint density at radius 3 is 2.88 bits per heavy atom. The molecular weight excluding hydrogens is 286 g/mol. The van der Waals surface area contributed by atoms with Crippen molar-refractivity contribution in [3.63, 3.8) is 0 Å². The van der Waals surface area contributed by atoms with Crippen molar-refractivity contribution < 1.29 is 0 Å². The number of aryl methyl sites for hydroxylation is 1. The van der Waals surface area contributed by atoms with Gasteiger partial charge < -0.3 is 5.32 Å². The molecule has 0 amide bonds. The van der Waals surface area contributed by atoms with Gasteiger partial charge in [0.25, 0.3) is 0 Å². The molecule has 3 nitrogen and oxygen atoms in total. The fourth-order valence-corrected chi connectivity index (χ4v) is 2.22. The fraction of sp³-hybridized carbons (Fsp3) is 0.636. The minimum absolute atomic E-state index is 0.853. The molecule has 0 fully saturated rings. The molecule has 0 aromatic carbocycles. The zero-order valence-corrected chi connectivity index (χ0v) is 12.2. The predicted molar refractivity (Wildman–Crippen MR) is 75.2 cm³/mol. The minimum atomic E-state index is 0.853. The van der Waals surface area contributed by atoms with E-state index in [1.807, 2.05) is 17.8 Å². The van der Waals surface area contributed by atoms with Crippen molar-refractivity contribution >= 4 is 33.5 Å². The van der Waals surface area contributed by atoms with Gasteiger partial charge in [-0.1, -0.05) is 6.92 Å². The van der Waals surface area contributed by atoms with Gasteiger partial charge in [0, 0.05) is 19.0 Å². The molecule has 0 radical (unpaired) electrons. The Labute approximate surface area is 110 Å². The number of hydrogen-bond acceptors (Lipinski definition) is 4. The van der Waals surface area contributed by atoms with Crippen LogP contribution < -0.4 is 5.32 Å². The quantitative estimate of drug-likeness (QED) is 0.619. The lowest BCUT2D eigenvalue weighted by molar-refractivity contribution is 0.833. The van der Waals surface area contributed by atoms with Crippen LogP contribution >= 0.6 is 27.7 Å². The number of thioether (sulfide) groups is 1. The number of nitrogens with one attached hydrogen (secondary N) is 1. The molecule has 0 spiro atoms. The molecule has 0 saturated heterocycles. The lowest BCUT2D eigenvalue weighted by atomic mass is 10.3. The Balaban J connectivity index is 2.38. The molecule has 1 aromatic heterocycles. The minimum Gasteiger partial charge on any atom is -0.370 e. The molecule has 0 aliphatic heterocycles. The van der Waals surface area contributed by atoms with E-state index in [4.69, 9.17) is 0 Å². The van der Waals surface area contributed by atoms with Crippen LogP contribution in [0.3, 0.4) is 0 Å². The molecule has 0 saturated carbocycles. The summed E-state index contributed by atoms with van der Waals surface area (Å²) in [4.78, 5) is 8.68. The van der Waals surface area contributed by atoms with Crippen LogP contribution in [-0.4, -0.2) is 28.5 Å². The highest BCUT2D eigenvalue weighted by atomic mass is 79.9. The molecule has 0 unspecified atom stereocenters. The molecule has 90 valence electrons. The molecule has 16 heavy (non-hydrogen) atoms. The first-order valence-electron chi connectivity index (χ1n) is 5.52. The number of nitrogens with zero attached hydrogens (tertiary/aromatic N) is 2. The van der Waals surface area contributed by atoms with E-state index in [1.54, 1.807) is 0 Å². The van der Waals surface area contributed by atoms with Crippen LogP contribution in [0.5, 0.6) is 0 Å². The zero-order valence-electron chi connectivity index (χ0n) is 9.79. The summed E-state index contributed by atoms with van der Waals surface area (Å²) in [6.07, 6.45) is 5.44. The van der Waals surface area contributed by atoms with Crippen LogP contribution in [0.1, 0.15) is 25.6 Å². The highest BCUT2D eigenvalue weighted by Crippen LogP contribution is 2.12. The topological polar surface area (TPSA) is 37.8 Å². The second-order valence-electron chi connectivity index (χ2n) is 3.47. The summed E-state index contributed by atoms with van der Waals surface area (Å²) in [5, 5.41) is 3.33. The molecule has 0 bridgehead atoms. The van der Waals surface area contributed by atoms with Gasteiger partial charge in [-0.3, -0.25) is 0 Å². The highest BCUT2D eigenvalue weighted by molar-refractivity contribution is 9.10. The monoisotopic (exact) mass is 303 g/mol. The maximum Gasteiger partial charge on any atom is 0.131 e. The number of halogens is 1. The van der Waals surface area contributed by atoms with E-state index in [-0.39, 0.29) is 0 Å². The summed E-state index contributed by atoms with van der Waals surface area (Å²) in [6, 6.07) is 1.92. The van der Waals surface area contributed by atoms with Crippen molar-refractivity contribution in [2.24, 2.45) is 0 Å². The first-order valence-corrected chi connectivity index (χ1v) is 7.71. The first-order chi connectivity index (χ1) is 7.76. The second kappa shape index (κ2) is 7.90. The van der Waals surface area contributed by atoms with Gasteiger partial charge >= 0.3 is 0 Å². The number of aromatic nitrogens is 2. The molecule has 5 heteroatoms. The predicted octanol–water partition coefficient (Wildman–Crippen LogP) is 3.36. The van der Waals surface area contributed by atoms with Crippen LogP contribution in [0, 0.1) is 0 Å². The Morgan fingerprint density at radius 1 is 1.38 bits per heavy atom. The van der Waals surface area contributed by atoms with E-state index < -0.39 is 0 Å². The van der Waals surface area contributed by atoms with Gasteiger partial charge in [-0.15, -0.1) is 0 Å². The van der Waals surface area contributed by atoms with Crippen LogP contribution in [0.2, 0.25) is 0 Å². The molecule has 0 aliphatic carbocycles. The van der Waals surface area contributed by atoms with E-state index in [1.165, 1.54) is 18.6 Å². The van der Waals surface area contributed by atoms with E-state index in [9.17, 15) is 0 Å². The fourth-order valence-electron chi connectivity index (χ4n) is 1.30. The van der Waals surface area contributed by atoms with Crippen LogP contribution in [0.15, 0.2) is 10.7 Å². The molecule has 0 aliphatic rings. The summed E-state index contributed by atoms with van der Waals surface area (Å²) in [5.41, 5.74) is 0. The Bertz CT molecular complexity index is 320. The van der Waals surface area contributed by atoms with Crippen molar-refractivity contribution in [3.8, 4) is 0 Å². The Hall–Kier alpha value is -0.290. The molecular formula is C11H18BrN3S. The van der Waals surface area contributed by atoms with E-state index >= 15 is 0 Å². The summed E-state index contributed by atoms with van der Waals surface area (Å²) < 4.78 is 0.853. The number of unbranched alkanes of at least 4 members (excludes halogenated alkanes) is 1. The van der Waals surface area contributed by atoms with Crippen molar-refractivity contribution in [2.45, 2.75) is 26.2 Å². The molecule has 1 aromatic rings. The number of hydrogen-bond donors (Lipinski definition) is 1. The maximum absolute atomic E-state index is 4.41. The lowest BCUT2D eigenvalue weighted by Crippen LogP contribution is -2.06. The molecule has 1 heterocycles. The van der Waals surface area contributed by atoms with Crippen LogP contribution in [0.4, 0.5) is 5.82 Å². The van der Waals surface area contributed by atoms with Gasteiger partial charge in [-0.25, -0.2) is 9.97 Å². The third-order valence-electron chi connectivity index (χ3n) is 2.14.